The second kappa shape index (κ2) is 9.18. The quantitative estimate of drug-likeness (QED) is 0.401. The molecular formula is C24H17ClF3N3O3. The summed E-state index contributed by atoms with van der Waals surface area (Å²) in [6.07, 6.45) is -4.54. The van der Waals surface area contributed by atoms with E-state index in [0.717, 1.165) is 0 Å². The number of para-hydroxylation sites is 1. The molecule has 0 atom stereocenters. The second-order valence-corrected chi connectivity index (χ2v) is 7.80. The van der Waals surface area contributed by atoms with Gasteiger partial charge in [0.2, 0.25) is 0 Å². The predicted molar refractivity (Wildman–Crippen MR) is 123 cm³/mol. The molecule has 34 heavy (non-hydrogen) atoms. The van der Waals surface area contributed by atoms with E-state index in [1.165, 1.54) is 34.9 Å². The highest BCUT2D eigenvalue weighted by molar-refractivity contribution is 6.31. The van der Waals surface area contributed by atoms with Gasteiger partial charge in [-0.15, -0.1) is 0 Å². The number of nitrogens with zero attached hydrogens (tertiary/aromatic N) is 2. The summed E-state index contributed by atoms with van der Waals surface area (Å²) in [6, 6.07) is 17.0. The van der Waals surface area contributed by atoms with Crippen molar-refractivity contribution in [1.82, 2.24) is 9.55 Å². The number of rotatable bonds is 5. The SMILES string of the molecule is Cc1nc2ccccc2c(=O)n1-c1ccc(C(=O)Nc2cc(Cl)ccc2OCC(F)(F)F)cc1. The van der Waals surface area contributed by atoms with Crippen molar-refractivity contribution < 1.29 is 22.7 Å². The minimum atomic E-state index is -4.54. The first-order chi connectivity index (χ1) is 16.1. The predicted octanol–water partition coefficient (Wildman–Crippen LogP) is 5.54. The minimum absolute atomic E-state index is 0.00313. The molecule has 1 amide bonds. The van der Waals surface area contributed by atoms with Gasteiger partial charge in [-0.25, -0.2) is 4.98 Å². The van der Waals surface area contributed by atoms with E-state index in [4.69, 9.17) is 16.3 Å². The molecule has 1 aromatic heterocycles. The van der Waals surface area contributed by atoms with Crippen molar-refractivity contribution in [3.63, 3.8) is 0 Å². The number of carbonyl (C=O) groups excluding carboxylic acids is 1. The van der Waals surface area contributed by atoms with Crippen molar-refractivity contribution in [3.8, 4) is 11.4 Å². The van der Waals surface area contributed by atoms with Crippen LogP contribution in [0.25, 0.3) is 16.6 Å². The lowest BCUT2D eigenvalue weighted by molar-refractivity contribution is -0.153. The maximum Gasteiger partial charge on any atom is 0.422 e. The highest BCUT2D eigenvalue weighted by Crippen LogP contribution is 2.30. The average molecular weight is 488 g/mol. The van der Waals surface area contributed by atoms with Gasteiger partial charge in [-0.05, 0) is 61.5 Å². The van der Waals surface area contributed by atoms with Gasteiger partial charge in [0.1, 0.15) is 11.6 Å². The number of amides is 1. The normalized spacial score (nSPS) is 11.4. The van der Waals surface area contributed by atoms with Crippen LogP contribution in [0, 0.1) is 6.92 Å². The molecule has 6 nitrogen and oxygen atoms in total. The number of fused-ring (bicyclic) bond motifs is 1. The summed E-state index contributed by atoms with van der Waals surface area (Å²) in [4.78, 5) is 30.1. The third-order valence-electron chi connectivity index (χ3n) is 4.91. The zero-order chi connectivity index (χ0) is 24.5. The van der Waals surface area contributed by atoms with Crippen LogP contribution in [0.5, 0.6) is 5.75 Å². The van der Waals surface area contributed by atoms with Crippen molar-refractivity contribution >= 4 is 34.1 Å². The smallest absolute Gasteiger partial charge is 0.422 e. The second-order valence-electron chi connectivity index (χ2n) is 7.36. The number of aryl methyl sites for hydroxylation is 1. The van der Waals surface area contributed by atoms with Gasteiger partial charge in [0.25, 0.3) is 11.5 Å². The molecule has 0 saturated carbocycles. The zero-order valence-corrected chi connectivity index (χ0v) is 18.4. The number of nitrogens with one attached hydrogen (secondary N) is 1. The third kappa shape index (κ3) is 5.04. The van der Waals surface area contributed by atoms with Crippen molar-refractivity contribution in [3.05, 3.63) is 93.5 Å². The Bertz CT molecular complexity index is 1430. The molecule has 0 aliphatic heterocycles. The zero-order valence-electron chi connectivity index (χ0n) is 17.7. The van der Waals surface area contributed by atoms with Gasteiger partial charge < -0.3 is 10.1 Å². The number of anilines is 1. The number of halogens is 4. The fourth-order valence-corrected chi connectivity index (χ4v) is 3.56. The molecule has 0 unspecified atom stereocenters. The first kappa shape index (κ1) is 23.3. The van der Waals surface area contributed by atoms with E-state index in [1.54, 1.807) is 43.3 Å². The fourth-order valence-electron chi connectivity index (χ4n) is 3.39. The lowest BCUT2D eigenvalue weighted by atomic mass is 10.1. The summed E-state index contributed by atoms with van der Waals surface area (Å²) >= 11 is 5.93. The van der Waals surface area contributed by atoms with Crippen molar-refractivity contribution in [2.75, 3.05) is 11.9 Å². The molecule has 10 heteroatoms. The molecule has 0 saturated heterocycles. The van der Waals surface area contributed by atoms with E-state index in [9.17, 15) is 22.8 Å². The van der Waals surface area contributed by atoms with Crippen molar-refractivity contribution in [2.45, 2.75) is 13.1 Å². The van der Waals surface area contributed by atoms with E-state index >= 15 is 0 Å². The van der Waals surface area contributed by atoms with Crippen LogP contribution in [0.1, 0.15) is 16.2 Å². The summed E-state index contributed by atoms with van der Waals surface area (Å²) < 4.78 is 43.8. The summed E-state index contributed by atoms with van der Waals surface area (Å²) in [5.41, 5.74) is 1.06. The first-order valence-corrected chi connectivity index (χ1v) is 10.4. The van der Waals surface area contributed by atoms with Crippen molar-refractivity contribution in [2.24, 2.45) is 0 Å². The van der Waals surface area contributed by atoms with E-state index in [2.05, 4.69) is 10.3 Å². The molecule has 1 heterocycles. The van der Waals surface area contributed by atoms with Gasteiger partial charge in [0, 0.05) is 10.6 Å². The molecule has 174 valence electrons. The first-order valence-electron chi connectivity index (χ1n) is 10.0. The number of alkyl halides is 3. The molecule has 0 aliphatic carbocycles. The number of aromatic nitrogens is 2. The van der Waals surface area contributed by atoms with Crippen LogP contribution in [0.2, 0.25) is 5.02 Å². The standard InChI is InChI=1S/C24H17ClF3N3O3/c1-14-29-19-5-3-2-4-18(19)23(33)31(14)17-9-6-15(7-10-17)22(32)30-20-12-16(25)8-11-21(20)34-13-24(26,27)28/h2-12H,13H2,1H3,(H,30,32). The number of ether oxygens (including phenoxy) is 1. The van der Waals surface area contributed by atoms with Crippen LogP contribution in [-0.4, -0.2) is 28.2 Å². The monoisotopic (exact) mass is 487 g/mol. The van der Waals surface area contributed by atoms with Crippen LogP contribution in [0.4, 0.5) is 18.9 Å². The van der Waals surface area contributed by atoms with E-state index in [0.29, 0.717) is 22.4 Å². The Labute approximate surface area is 196 Å². The molecule has 0 fully saturated rings. The molecule has 4 aromatic rings. The van der Waals surface area contributed by atoms with E-state index in [1.807, 2.05) is 0 Å². The molecule has 0 spiro atoms. The number of hydrogen-bond donors (Lipinski definition) is 1. The summed E-state index contributed by atoms with van der Waals surface area (Å²) in [5.74, 6) is -0.284. The van der Waals surface area contributed by atoms with Crippen molar-refractivity contribution in [1.29, 1.82) is 0 Å². The van der Waals surface area contributed by atoms with Gasteiger partial charge in [0.15, 0.2) is 6.61 Å². The maximum atomic E-state index is 12.9. The average Bonchev–Trinajstić information content (AvgIpc) is 2.78. The molecule has 1 N–H and O–H groups in total. The van der Waals surface area contributed by atoms with E-state index in [-0.39, 0.29) is 27.6 Å². The topological polar surface area (TPSA) is 73.2 Å². The Balaban J connectivity index is 1.59. The largest absolute Gasteiger partial charge is 0.482 e. The lowest BCUT2D eigenvalue weighted by Gasteiger charge is -2.15. The molecule has 4 rings (SSSR count). The van der Waals surface area contributed by atoms with Gasteiger partial charge in [0.05, 0.1) is 22.3 Å². The van der Waals surface area contributed by atoms with E-state index < -0.39 is 18.7 Å². The van der Waals surface area contributed by atoms with Gasteiger partial charge in [-0.2, -0.15) is 13.2 Å². The molecular weight excluding hydrogens is 471 g/mol. The highest BCUT2D eigenvalue weighted by atomic mass is 35.5. The Morgan fingerprint density at radius 2 is 1.79 bits per heavy atom. The van der Waals surface area contributed by atoms with Crippen LogP contribution in [0.3, 0.4) is 0 Å². The number of carbonyl (C=O) groups is 1. The highest BCUT2D eigenvalue weighted by Gasteiger charge is 2.29. The Hall–Kier alpha value is -3.85. The molecule has 0 bridgehead atoms. The van der Waals surface area contributed by atoms with Crippen LogP contribution >= 0.6 is 11.6 Å². The Kier molecular flexibility index (Phi) is 6.30. The number of hydrogen-bond acceptors (Lipinski definition) is 4. The Morgan fingerprint density at radius 3 is 2.50 bits per heavy atom. The van der Waals surface area contributed by atoms with Crippen LogP contribution in [-0.2, 0) is 0 Å². The summed E-state index contributed by atoms with van der Waals surface area (Å²) in [6.45, 7) is 0.191. The van der Waals surface area contributed by atoms with Crippen LogP contribution in [0.15, 0.2) is 71.5 Å². The third-order valence-corrected chi connectivity index (χ3v) is 5.15. The molecule has 3 aromatic carbocycles. The maximum absolute atomic E-state index is 12.9. The van der Waals surface area contributed by atoms with Gasteiger partial charge >= 0.3 is 6.18 Å². The lowest BCUT2D eigenvalue weighted by Crippen LogP contribution is -2.22. The van der Waals surface area contributed by atoms with Crippen LogP contribution < -0.4 is 15.6 Å². The Morgan fingerprint density at radius 1 is 1.09 bits per heavy atom. The number of benzene rings is 3. The molecule has 0 aliphatic rings. The van der Waals surface area contributed by atoms with Gasteiger partial charge in [-0.3, -0.25) is 14.2 Å². The fraction of sp³-hybridized carbons (Fsp3) is 0.125. The van der Waals surface area contributed by atoms with Gasteiger partial charge in [-0.1, -0.05) is 23.7 Å². The molecule has 0 radical (unpaired) electrons. The summed E-state index contributed by atoms with van der Waals surface area (Å²) in [5, 5.41) is 3.19. The summed E-state index contributed by atoms with van der Waals surface area (Å²) in [7, 11) is 0. The minimum Gasteiger partial charge on any atom is -0.482 e.